The van der Waals surface area contributed by atoms with Crippen molar-refractivity contribution in [3.63, 3.8) is 0 Å². The normalized spacial score (nSPS) is 14.3. The standard InChI is InChI=1S/C23H28N2O3/c1-28-19-14-11-17(12-15-19)13-16-22(26)25-21-10-6-5-9-20(21)23(27)24-18-7-3-2-4-8-18/h5-6,9-12,14-15,18H,2-4,7-8,13,16H2,1H3,(H,24,27)(H,25,26). The quantitative estimate of drug-likeness (QED) is 0.751. The summed E-state index contributed by atoms with van der Waals surface area (Å²) in [5.74, 6) is 0.581. The predicted octanol–water partition coefficient (Wildman–Crippen LogP) is 4.33. The third-order valence-corrected chi connectivity index (χ3v) is 5.19. The molecular formula is C23H28N2O3. The molecule has 0 radical (unpaired) electrons. The summed E-state index contributed by atoms with van der Waals surface area (Å²) >= 11 is 0. The van der Waals surface area contributed by atoms with Gasteiger partial charge in [0.2, 0.25) is 5.91 Å². The van der Waals surface area contributed by atoms with Crippen LogP contribution < -0.4 is 15.4 Å². The van der Waals surface area contributed by atoms with E-state index in [1.165, 1.54) is 6.42 Å². The number of amides is 2. The third kappa shape index (κ3) is 5.59. The Kier molecular flexibility index (Phi) is 7.06. The Labute approximate surface area is 166 Å². The molecule has 2 amide bonds. The van der Waals surface area contributed by atoms with Gasteiger partial charge in [0.05, 0.1) is 18.4 Å². The lowest BCUT2D eigenvalue weighted by atomic mass is 9.95. The lowest BCUT2D eigenvalue weighted by molar-refractivity contribution is -0.116. The van der Waals surface area contributed by atoms with Crippen LogP contribution in [0.25, 0.3) is 0 Å². The first-order valence-electron chi connectivity index (χ1n) is 9.98. The van der Waals surface area contributed by atoms with Gasteiger partial charge in [0.25, 0.3) is 5.91 Å². The molecule has 2 N–H and O–H groups in total. The van der Waals surface area contributed by atoms with E-state index in [4.69, 9.17) is 4.74 Å². The smallest absolute Gasteiger partial charge is 0.253 e. The molecule has 1 fully saturated rings. The van der Waals surface area contributed by atoms with Gasteiger partial charge in [0.1, 0.15) is 5.75 Å². The molecule has 2 aromatic rings. The van der Waals surface area contributed by atoms with Gasteiger partial charge in [-0.3, -0.25) is 9.59 Å². The first-order valence-corrected chi connectivity index (χ1v) is 9.98. The zero-order valence-electron chi connectivity index (χ0n) is 16.4. The van der Waals surface area contributed by atoms with E-state index in [0.717, 1.165) is 37.0 Å². The van der Waals surface area contributed by atoms with Crippen LogP contribution >= 0.6 is 0 Å². The maximum atomic E-state index is 12.7. The van der Waals surface area contributed by atoms with Crippen LogP contribution in [-0.4, -0.2) is 25.0 Å². The van der Waals surface area contributed by atoms with Crippen molar-refractivity contribution >= 4 is 17.5 Å². The lowest BCUT2D eigenvalue weighted by Crippen LogP contribution is -2.36. The summed E-state index contributed by atoms with van der Waals surface area (Å²) in [6, 6.07) is 15.1. The number of hydrogen-bond acceptors (Lipinski definition) is 3. The van der Waals surface area contributed by atoms with E-state index in [1.807, 2.05) is 36.4 Å². The van der Waals surface area contributed by atoms with E-state index < -0.39 is 0 Å². The molecule has 0 saturated heterocycles. The summed E-state index contributed by atoms with van der Waals surface area (Å²) in [4.78, 5) is 25.1. The van der Waals surface area contributed by atoms with Crippen LogP contribution in [0.15, 0.2) is 48.5 Å². The van der Waals surface area contributed by atoms with Gasteiger partial charge in [-0.05, 0) is 49.1 Å². The van der Waals surface area contributed by atoms with Gasteiger partial charge in [-0.1, -0.05) is 43.5 Å². The minimum atomic E-state index is -0.113. The Morgan fingerprint density at radius 3 is 2.43 bits per heavy atom. The number of ether oxygens (including phenoxy) is 1. The Bertz CT molecular complexity index is 796. The molecule has 0 spiro atoms. The number of rotatable bonds is 7. The van der Waals surface area contributed by atoms with Crippen molar-refractivity contribution in [2.75, 3.05) is 12.4 Å². The maximum absolute atomic E-state index is 12.7. The summed E-state index contributed by atoms with van der Waals surface area (Å²) in [5.41, 5.74) is 2.15. The van der Waals surface area contributed by atoms with Crippen molar-refractivity contribution < 1.29 is 14.3 Å². The molecule has 2 aromatic carbocycles. The second kappa shape index (κ2) is 9.93. The van der Waals surface area contributed by atoms with Crippen LogP contribution in [0.3, 0.4) is 0 Å². The molecule has 0 atom stereocenters. The van der Waals surface area contributed by atoms with Crippen molar-refractivity contribution in [1.29, 1.82) is 0 Å². The average molecular weight is 380 g/mol. The zero-order chi connectivity index (χ0) is 19.8. The topological polar surface area (TPSA) is 67.4 Å². The fourth-order valence-electron chi connectivity index (χ4n) is 3.56. The third-order valence-electron chi connectivity index (χ3n) is 5.19. The van der Waals surface area contributed by atoms with Crippen molar-refractivity contribution in [1.82, 2.24) is 5.32 Å². The van der Waals surface area contributed by atoms with E-state index in [2.05, 4.69) is 10.6 Å². The predicted molar refractivity (Wildman–Crippen MR) is 111 cm³/mol. The summed E-state index contributed by atoms with van der Waals surface area (Å²) in [5, 5.41) is 6.01. The van der Waals surface area contributed by atoms with Crippen LogP contribution in [0.4, 0.5) is 5.69 Å². The number of hydrogen-bond donors (Lipinski definition) is 2. The van der Waals surface area contributed by atoms with Crippen LogP contribution in [0.5, 0.6) is 5.75 Å². The highest BCUT2D eigenvalue weighted by atomic mass is 16.5. The molecular weight excluding hydrogens is 352 g/mol. The Morgan fingerprint density at radius 2 is 1.71 bits per heavy atom. The molecule has 1 aliphatic rings. The average Bonchev–Trinajstić information content (AvgIpc) is 2.73. The van der Waals surface area contributed by atoms with E-state index in [1.54, 1.807) is 19.2 Å². The molecule has 0 bridgehead atoms. The second-order valence-corrected chi connectivity index (χ2v) is 7.25. The minimum absolute atomic E-state index is 0.103. The van der Waals surface area contributed by atoms with Crippen LogP contribution in [-0.2, 0) is 11.2 Å². The molecule has 0 aromatic heterocycles. The van der Waals surface area contributed by atoms with Gasteiger partial charge in [-0.25, -0.2) is 0 Å². The minimum Gasteiger partial charge on any atom is -0.497 e. The summed E-state index contributed by atoms with van der Waals surface area (Å²) in [7, 11) is 1.63. The summed E-state index contributed by atoms with van der Waals surface area (Å²) in [6.45, 7) is 0. The van der Waals surface area contributed by atoms with Crippen LogP contribution in [0, 0.1) is 0 Å². The number of methoxy groups -OCH3 is 1. The highest BCUT2D eigenvalue weighted by Gasteiger charge is 2.19. The van der Waals surface area contributed by atoms with E-state index in [-0.39, 0.29) is 17.9 Å². The second-order valence-electron chi connectivity index (χ2n) is 7.25. The fourth-order valence-corrected chi connectivity index (χ4v) is 3.56. The monoisotopic (exact) mass is 380 g/mol. The molecule has 0 unspecified atom stereocenters. The molecule has 1 aliphatic carbocycles. The Balaban J connectivity index is 1.57. The molecule has 5 nitrogen and oxygen atoms in total. The number of anilines is 1. The van der Waals surface area contributed by atoms with E-state index in [0.29, 0.717) is 24.1 Å². The molecule has 0 heterocycles. The summed E-state index contributed by atoms with van der Waals surface area (Å²) < 4.78 is 5.15. The highest BCUT2D eigenvalue weighted by molar-refractivity contribution is 6.03. The van der Waals surface area contributed by atoms with Crippen molar-refractivity contribution in [2.45, 2.75) is 51.0 Å². The summed E-state index contributed by atoms with van der Waals surface area (Å²) in [6.07, 6.45) is 6.61. The molecule has 28 heavy (non-hydrogen) atoms. The highest BCUT2D eigenvalue weighted by Crippen LogP contribution is 2.20. The number of para-hydroxylation sites is 1. The van der Waals surface area contributed by atoms with E-state index >= 15 is 0 Å². The largest absolute Gasteiger partial charge is 0.497 e. The van der Waals surface area contributed by atoms with Gasteiger partial charge in [-0.2, -0.15) is 0 Å². The zero-order valence-corrected chi connectivity index (χ0v) is 16.4. The maximum Gasteiger partial charge on any atom is 0.253 e. The molecule has 148 valence electrons. The van der Waals surface area contributed by atoms with Crippen LogP contribution in [0.1, 0.15) is 54.4 Å². The van der Waals surface area contributed by atoms with Gasteiger partial charge >= 0.3 is 0 Å². The SMILES string of the molecule is COc1ccc(CCC(=O)Nc2ccccc2C(=O)NC2CCCCC2)cc1. The van der Waals surface area contributed by atoms with Crippen molar-refractivity contribution in [3.05, 3.63) is 59.7 Å². The molecule has 5 heteroatoms. The molecule has 3 rings (SSSR count). The number of aryl methyl sites for hydroxylation is 1. The Morgan fingerprint density at radius 1 is 1.00 bits per heavy atom. The van der Waals surface area contributed by atoms with Crippen molar-refractivity contribution in [3.8, 4) is 5.75 Å². The first-order chi connectivity index (χ1) is 13.7. The van der Waals surface area contributed by atoms with Gasteiger partial charge in [-0.15, -0.1) is 0 Å². The van der Waals surface area contributed by atoms with Gasteiger partial charge in [0, 0.05) is 12.5 Å². The first kappa shape index (κ1) is 19.9. The van der Waals surface area contributed by atoms with E-state index in [9.17, 15) is 9.59 Å². The number of carbonyl (C=O) groups excluding carboxylic acids is 2. The van der Waals surface area contributed by atoms with Crippen LogP contribution in [0.2, 0.25) is 0 Å². The lowest BCUT2D eigenvalue weighted by Gasteiger charge is -2.23. The molecule has 1 saturated carbocycles. The van der Waals surface area contributed by atoms with Gasteiger partial charge < -0.3 is 15.4 Å². The fraction of sp³-hybridized carbons (Fsp3) is 0.391. The molecule has 0 aliphatic heterocycles. The number of nitrogens with one attached hydrogen (secondary N) is 2. The number of carbonyl (C=O) groups is 2. The Hall–Kier alpha value is -2.82. The number of benzene rings is 2. The van der Waals surface area contributed by atoms with Gasteiger partial charge in [0.15, 0.2) is 0 Å². The van der Waals surface area contributed by atoms with Crippen molar-refractivity contribution in [2.24, 2.45) is 0 Å².